The van der Waals surface area contributed by atoms with Crippen LogP contribution in [0.25, 0.3) is 11.3 Å². The standard InChI is InChI=1S/C15H16F3N3O2/c16-11-4-2-1-3-10(11)12-7-20-14(23-12)6-5-13(22)21-9-15(17,18)8-19/h1-4,7H,5-6,8-9,19H2,(H,21,22). The second-order valence-electron chi connectivity index (χ2n) is 4.93. The number of carbonyl (C=O) groups is 1. The first-order chi connectivity index (χ1) is 10.9. The number of carbonyl (C=O) groups excluding carboxylic acids is 1. The summed E-state index contributed by atoms with van der Waals surface area (Å²) < 4.78 is 44.8. The van der Waals surface area contributed by atoms with E-state index in [4.69, 9.17) is 10.2 Å². The molecule has 2 rings (SSSR count). The minimum atomic E-state index is -3.13. The van der Waals surface area contributed by atoms with E-state index < -0.39 is 30.7 Å². The zero-order valence-electron chi connectivity index (χ0n) is 12.2. The molecule has 0 unspecified atom stereocenters. The molecule has 2 aromatic rings. The zero-order chi connectivity index (χ0) is 16.9. The molecule has 0 aliphatic rings. The molecule has 0 aliphatic carbocycles. The monoisotopic (exact) mass is 327 g/mol. The van der Waals surface area contributed by atoms with E-state index in [2.05, 4.69) is 10.3 Å². The van der Waals surface area contributed by atoms with Crippen LogP contribution in [0, 0.1) is 5.82 Å². The third-order valence-corrected chi connectivity index (χ3v) is 3.10. The summed E-state index contributed by atoms with van der Waals surface area (Å²) in [7, 11) is 0. The highest BCUT2D eigenvalue weighted by Gasteiger charge is 2.27. The Balaban J connectivity index is 1.88. The molecule has 0 saturated heterocycles. The van der Waals surface area contributed by atoms with Gasteiger partial charge in [-0.2, -0.15) is 0 Å². The lowest BCUT2D eigenvalue weighted by Gasteiger charge is -2.14. The molecule has 0 atom stereocenters. The number of nitrogens with one attached hydrogen (secondary N) is 1. The Morgan fingerprint density at radius 1 is 1.35 bits per heavy atom. The van der Waals surface area contributed by atoms with Crippen LogP contribution < -0.4 is 11.1 Å². The summed E-state index contributed by atoms with van der Waals surface area (Å²) in [6.45, 7) is -1.65. The maximum absolute atomic E-state index is 13.6. The van der Waals surface area contributed by atoms with Crippen LogP contribution >= 0.6 is 0 Å². The average Bonchev–Trinajstić information content (AvgIpc) is 3.00. The Labute approximate surface area is 130 Å². The van der Waals surface area contributed by atoms with Gasteiger partial charge >= 0.3 is 0 Å². The number of oxazole rings is 1. The first kappa shape index (κ1) is 17.0. The highest BCUT2D eigenvalue weighted by atomic mass is 19.3. The van der Waals surface area contributed by atoms with Gasteiger partial charge in [0.15, 0.2) is 11.7 Å². The van der Waals surface area contributed by atoms with Crippen LogP contribution in [0.15, 0.2) is 34.9 Å². The van der Waals surface area contributed by atoms with Crippen molar-refractivity contribution >= 4 is 5.91 Å². The Morgan fingerprint density at radius 3 is 2.78 bits per heavy atom. The molecular weight excluding hydrogens is 311 g/mol. The fourth-order valence-corrected chi connectivity index (χ4v) is 1.82. The van der Waals surface area contributed by atoms with Gasteiger partial charge in [0, 0.05) is 12.8 Å². The second kappa shape index (κ2) is 7.28. The number of aromatic nitrogens is 1. The maximum atomic E-state index is 13.6. The van der Waals surface area contributed by atoms with Crippen molar-refractivity contribution in [2.24, 2.45) is 5.73 Å². The van der Waals surface area contributed by atoms with Crippen LogP contribution in [-0.4, -0.2) is 29.9 Å². The lowest BCUT2D eigenvalue weighted by atomic mass is 10.2. The molecule has 0 fully saturated rings. The summed E-state index contributed by atoms with van der Waals surface area (Å²) in [4.78, 5) is 15.4. The number of halogens is 3. The molecule has 0 spiro atoms. The molecule has 0 radical (unpaired) electrons. The molecule has 3 N–H and O–H groups in total. The highest BCUT2D eigenvalue weighted by molar-refractivity contribution is 5.76. The number of amides is 1. The van der Waals surface area contributed by atoms with Gasteiger partial charge < -0.3 is 15.5 Å². The van der Waals surface area contributed by atoms with Gasteiger partial charge in [0.25, 0.3) is 5.92 Å². The van der Waals surface area contributed by atoms with Crippen molar-refractivity contribution in [2.75, 3.05) is 13.1 Å². The highest BCUT2D eigenvalue weighted by Crippen LogP contribution is 2.23. The van der Waals surface area contributed by atoms with E-state index in [1.165, 1.54) is 12.3 Å². The van der Waals surface area contributed by atoms with E-state index >= 15 is 0 Å². The number of benzene rings is 1. The van der Waals surface area contributed by atoms with Gasteiger partial charge in [-0.05, 0) is 12.1 Å². The van der Waals surface area contributed by atoms with Crippen LogP contribution in [-0.2, 0) is 11.2 Å². The molecule has 124 valence electrons. The van der Waals surface area contributed by atoms with E-state index in [0.29, 0.717) is 0 Å². The van der Waals surface area contributed by atoms with Gasteiger partial charge in [-0.1, -0.05) is 12.1 Å². The number of aryl methyl sites for hydroxylation is 1. The minimum Gasteiger partial charge on any atom is -0.441 e. The van der Waals surface area contributed by atoms with Crippen molar-refractivity contribution in [1.29, 1.82) is 0 Å². The molecule has 0 aliphatic heterocycles. The summed E-state index contributed by atoms with van der Waals surface area (Å²) in [6, 6.07) is 6.05. The molecule has 8 heteroatoms. The first-order valence-corrected chi connectivity index (χ1v) is 6.95. The van der Waals surface area contributed by atoms with Crippen molar-refractivity contribution in [3.63, 3.8) is 0 Å². The van der Waals surface area contributed by atoms with E-state index in [0.717, 1.165) is 0 Å². The van der Waals surface area contributed by atoms with Crippen molar-refractivity contribution < 1.29 is 22.4 Å². The third-order valence-electron chi connectivity index (χ3n) is 3.10. The normalized spacial score (nSPS) is 11.5. The van der Waals surface area contributed by atoms with Crippen molar-refractivity contribution in [2.45, 2.75) is 18.8 Å². The van der Waals surface area contributed by atoms with Gasteiger partial charge in [0.05, 0.1) is 24.8 Å². The summed E-state index contributed by atoms with van der Waals surface area (Å²) in [5.41, 5.74) is 5.13. The van der Waals surface area contributed by atoms with Crippen LogP contribution in [0.4, 0.5) is 13.2 Å². The summed E-state index contributed by atoms with van der Waals surface area (Å²) >= 11 is 0. The summed E-state index contributed by atoms with van der Waals surface area (Å²) in [6.07, 6.45) is 1.40. The van der Waals surface area contributed by atoms with Crippen molar-refractivity contribution in [3.05, 3.63) is 42.2 Å². The molecule has 0 bridgehead atoms. The smallest absolute Gasteiger partial charge is 0.277 e. The molecule has 1 heterocycles. The molecular formula is C15H16F3N3O2. The predicted molar refractivity (Wildman–Crippen MR) is 77.2 cm³/mol. The van der Waals surface area contributed by atoms with Crippen LogP contribution in [0.5, 0.6) is 0 Å². The van der Waals surface area contributed by atoms with Crippen LogP contribution in [0.2, 0.25) is 0 Å². The number of nitrogens with two attached hydrogens (primary N) is 1. The fraction of sp³-hybridized carbons (Fsp3) is 0.333. The van der Waals surface area contributed by atoms with Gasteiger partial charge in [-0.3, -0.25) is 4.79 Å². The van der Waals surface area contributed by atoms with E-state index in [1.54, 1.807) is 18.2 Å². The lowest BCUT2D eigenvalue weighted by Crippen LogP contribution is -2.41. The molecule has 1 aromatic carbocycles. The topological polar surface area (TPSA) is 81.1 Å². The largest absolute Gasteiger partial charge is 0.441 e. The Morgan fingerprint density at radius 2 is 2.09 bits per heavy atom. The van der Waals surface area contributed by atoms with E-state index in [9.17, 15) is 18.0 Å². The van der Waals surface area contributed by atoms with E-state index in [-0.39, 0.29) is 30.1 Å². The second-order valence-corrected chi connectivity index (χ2v) is 4.93. The first-order valence-electron chi connectivity index (χ1n) is 6.95. The molecule has 5 nitrogen and oxygen atoms in total. The van der Waals surface area contributed by atoms with Gasteiger partial charge in [-0.25, -0.2) is 18.2 Å². The SMILES string of the molecule is NCC(F)(F)CNC(=O)CCc1ncc(-c2ccccc2F)o1. The molecule has 0 saturated carbocycles. The number of alkyl halides is 2. The van der Waals surface area contributed by atoms with Crippen LogP contribution in [0.1, 0.15) is 12.3 Å². The third kappa shape index (κ3) is 4.82. The molecule has 1 amide bonds. The zero-order valence-corrected chi connectivity index (χ0v) is 12.2. The maximum Gasteiger partial charge on any atom is 0.277 e. The Kier molecular flexibility index (Phi) is 5.38. The number of nitrogens with zero attached hydrogens (tertiary/aromatic N) is 1. The van der Waals surface area contributed by atoms with Gasteiger partial charge in [0.1, 0.15) is 5.82 Å². The summed E-state index contributed by atoms with van der Waals surface area (Å²) in [5.74, 6) is -3.67. The van der Waals surface area contributed by atoms with Crippen LogP contribution in [0.3, 0.4) is 0 Å². The van der Waals surface area contributed by atoms with Gasteiger partial charge in [0.2, 0.25) is 5.91 Å². The van der Waals surface area contributed by atoms with Crippen molar-refractivity contribution in [3.8, 4) is 11.3 Å². The Bertz CT molecular complexity index is 673. The minimum absolute atomic E-state index is 0.0716. The number of rotatable bonds is 7. The number of hydrogen-bond acceptors (Lipinski definition) is 4. The Hall–Kier alpha value is -2.35. The molecule has 23 heavy (non-hydrogen) atoms. The molecule has 1 aromatic heterocycles. The lowest BCUT2D eigenvalue weighted by molar-refractivity contribution is -0.122. The quantitative estimate of drug-likeness (QED) is 0.816. The predicted octanol–water partition coefficient (Wildman–Crippen LogP) is 2.12. The van der Waals surface area contributed by atoms with Crippen molar-refractivity contribution in [1.82, 2.24) is 10.3 Å². The van der Waals surface area contributed by atoms with Gasteiger partial charge in [-0.15, -0.1) is 0 Å². The summed E-state index contributed by atoms with van der Waals surface area (Å²) in [5, 5.41) is 2.09. The number of hydrogen-bond donors (Lipinski definition) is 2. The van der Waals surface area contributed by atoms with E-state index in [1.807, 2.05) is 0 Å². The fourth-order valence-electron chi connectivity index (χ4n) is 1.82. The average molecular weight is 327 g/mol.